The Hall–Kier alpha value is -3.97. The lowest BCUT2D eigenvalue weighted by Gasteiger charge is -2.17. The molecule has 1 aliphatic heterocycles. The van der Waals surface area contributed by atoms with Crippen molar-refractivity contribution in [2.75, 3.05) is 16.9 Å². The summed E-state index contributed by atoms with van der Waals surface area (Å²) in [5.74, 6) is 0.966. The molecule has 0 bridgehead atoms. The number of para-hydroxylation sites is 1. The largest absolute Gasteiger partial charge is 0.324 e. The summed E-state index contributed by atoms with van der Waals surface area (Å²) in [6, 6.07) is 23.1. The number of nitrogens with one attached hydrogen (secondary N) is 1. The Morgan fingerprint density at radius 3 is 2.42 bits per heavy atom. The van der Waals surface area contributed by atoms with Gasteiger partial charge >= 0.3 is 0 Å². The maximum Gasteiger partial charge on any atom is 0.252 e. The van der Waals surface area contributed by atoms with E-state index >= 15 is 0 Å². The number of halogens is 1. The summed E-state index contributed by atoms with van der Waals surface area (Å²) in [6.45, 7) is 3.85. The van der Waals surface area contributed by atoms with E-state index in [2.05, 4.69) is 15.5 Å². The molecule has 0 atom stereocenters. The molecular formula is C25H21ClN6O. The van der Waals surface area contributed by atoms with Crippen LogP contribution in [0.4, 0.5) is 11.6 Å². The van der Waals surface area contributed by atoms with E-state index in [1.807, 2.05) is 91.2 Å². The quantitative estimate of drug-likeness (QED) is 0.481. The molecule has 33 heavy (non-hydrogen) atoms. The highest BCUT2D eigenvalue weighted by Gasteiger charge is 2.27. The fourth-order valence-electron chi connectivity index (χ4n) is 3.79. The van der Waals surface area contributed by atoms with E-state index in [9.17, 15) is 4.79 Å². The first-order valence-electron chi connectivity index (χ1n) is 10.5. The van der Waals surface area contributed by atoms with Gasteiger partial charge in [0.2, 0.25) is 5.91 Å². The van der Waals surface area contributed by atoms with E-state index in [0.29, 0.717) is 16.8 Å². The van der Waals surface area contributed by atoms with Crippen LogP contribution >= 0.6 is 11.6 Å². The molecule has 1 aliphatic rings. The van der Waals surface area contributed by atoms with Gasteiger partial charge in [-0.1, -0.05) is 59.6 Å². The topological polar surface area (TPSA) is 75.4 Å². The first-order chi connectivity index (χ1) is 16.0. The van der Waals surface area contributed by atoms with E-state index < -0.39 is 0 Å². The van der Waals surface area contributed by atoms with Crippen molar-refractivity contribution in [1.82, 2.24) is 14.8 Å². The van der Waals surface area contributed by atoms with Crippen LogP contribution < -0.4 is 10.3 Å². The van der Waals surface area contributed by atoms with Crippen molar-refractivity contribution in [2.45, 2.75) is 13.8 Å². The SMILES string of the molecule is Cc1ccc(NC(=O)CN2N=C(c3ccc(Cl)cc3)c3ccccc3-n3c(C)nnc32)cc1. The standard InChI is InChI=1S/C25H21ClN6O/c1-16-7-13-20(14-8-16)27-23(33)15-31-25-29-28-17(2)32(25)22-6-4-3-5-21(22)24(30-31)18-9-11-19(26)12-10-18/h3-14H,15H2,1-2H3,(H,27,33). The van der Waals surface area contributed by atoms with E-state index in [1.165, 1.54) is 0 Å². The van der Waals surface area contributed by atoms with Crippen molar-refractivity contribution in [3.05, 3.63) is 100 Å². The molecule has 164 valence electrons. The fraction of sp³-hybridized carbons (Fsp3) is 0.120. The van der Waals surface area contributed by atoms with Crippen LogP contribution in [0, 0.1) is 13.8 Å². The van der Waals surface area contributed by atoms with Crippen LogP contribution in [0.1, 0.15) is 22.5 Å². The summed E-state index contributed by atoms with van der Waals surface area (Å²) >= 11 is 6.12. The minimum atomic E-state index is -0.212. The normalized spacial score (nSPS) is 12.5. The zero-order valence-corrected chi connectivity index (χ0v) is 18.9. The summed E-state index contributed by atoms with van der Waals surface area (Å²) in [7, 11) is 0. The Bertz CT molecular complexity index is 1360. The predicted octanol–water partition coefficient (Wildman–Crippen LogP) is 4.75. The molecule has 0 unspecified atom stereocenters. The van der Waals surface area contributed by atoms with E-state index in [0.717, 1.165) is 33.8 Å². The summed E-state index contributed by atoms with van der Waals surface area (Å²) in [6.07, 6.45) is 0. The van der Waals surface area contributed by atoms with E-state index in [4.69, 9.17) is 16.7 Å². The molecule has 0 saturated heterocycles. The molecule has 1 aromatic heterocycles. The van der Waals surface area contributed by atoms with E-state index in [-0.39, 0.29) is 12.5 Å². The molecule has 5 rings (SSSR count). The predicted molar refractivity (Wildman–Crippen MR) is 130 cm³/mol. The van der Waals surface area contributed by atoms with Gasteiger partial charge < -0.3 is 5.32 Å². The fourth-order valence-corrected chi connectivity index (χ4v) is 3.92. The van der Waals surface area contributed by atoms with Gasteiger partial charge in [-0.2, -0.15) is 5.10 Å². The molecule has 0 radical (unpaired) electrons. The molecular weight excluding hydrogens is 436 g/mol. The highest BCUT2D eigenvalue weighted by atomic mass is 35.5. The lowest BCUT2D eigenvalue weighted by Crippen LogP contribution is -2.31. The van der Waals surface area contributed by atoms with Gasteiger partial charge in [-0.15, -0.1) is 10.2 Å². The third kappa shape index (κ3) is 4.10. The number of aryl methyl sites for hydroxylation is 2. The second kappa shape index (κ2) is 8.52. The van der Waals surface area contributed by atoms with Gasteiger partial charge in [0.05, 0.1) is 5.69 Å². The Balaban J connectivity index is 1.58. The lowest BCUT2D eigenvalue weighted by molar-refractivity contribution is -0.115. The monoisotopic (exact) mass is 456 g/mol. The average molecular weight is 457 g/mol. The molecule has 0 spiro atoms. The van der Waals surface area contributed by atoms with Crippen molar-refractivity contribution < 1.29 is 4.79 Å². The van der Waals surface area contributed by atoms with Crippen LogP contribution in [0.15, 0.2) is 77.9 Å². The van der Waals surface area contributed by atoms with Gasteiger partial charge in [-0.25, -0.2) is 5.01 Å². The Kier molecular flexibility index (Phi) is 5.40. The van der Waals surface area contributed by atoms with Crippen LogP contribution in [-0.2, 0) is 4.79 Å². The lowest BCUT2D eigenvalue weighted by atomic mass is 10.0. The molecule has 8 heteroatoms. The number of amides is 1. The molecule has 3 aromatic carbocycles. The highest BCUT2D eigenvalue weighted by molar-refractivity contribution is 6.30. The van der Waals surface area contributed by atoms with Crippen molar-refractivity contribution >= 4 is 34.9 Å². The molecule has 0 fully saturated rings. The molecule has 0 aliphatic carbocycles. The van der Waals surface area contributed by atoms with Gasteiger partial charge in [0, 0.05) is 21.8 Å². The number of hydrogen-bond donors (Lipinski definition) is 1. The Morgan fingerprint density at radius 1 is 0.939 bits per heavy atom. The average Bonchev–Trinajstić information content (AvgIpc) is 3.13. The number of anilines is 2. The summed E-state index contributed by atoms with van der Waals surface area (Å²) in [5.41, 5.74) is 5.25. The van der Waals surface area contributed by atoms with Gasteiger partial charge in [0.1, 0.15) is 18.1 Å². The van der Waals surface area contributed by atoms with Gasteiger partial charge in [-0.3, -0.25) is 9.36 Å². The third-order valence-corrected chi connectivity index (χ3v) is 5.66. The Morgan fingerprint density at radius 2 is 1.67 bits per heavy atom. The minimum Gasteiger partial charge on any atom is -0.324 e. The number of hydrogen-bond acceptors (Lipinski definition) is 5. The van der Waals surface area contributed by atoms with Crippen LogP contribution in [0.3, 0.4) is 0 Å². The van der Waals surface area contributed by atoms with Crippen LogP contribution in [0.5, 0.6) is 0 Å². The number of hydrazone groups is 1. The number of rotatable bonds is 4. The maximum atomic E-state index is 13.0. The van der Waals surface area contributed by atoms with Crippen molar-refractivity contribution in [2.24, 2.45) is 5.10 Å². The van der Waals surface area contributed by atoms with Crippen molar-refractivity contribution in [3.63, 3.8) is 0 Å². The summed E-state index contributed by atoms with van der Waals surface area (Å²) in [4.78, 5) is 13.0. The van der Waals surface area contributed by atoms with Gasteiger partial charge in [-0.05, 0) is 44.2 Å². The molecule has 7 nitrogen and oxygen atoms in total. The van der Waals surface area contributed by atoms with Crippen LogP contribution in [0.25, 0.3) is 5.69 Å². The second-order valence-electron chi connectivity index (χ2n) is 7.83. The molecule has 0 saturated carbocycles. The highest BCUT2D eigenvalue weighted by Crippen LogP contribution is 2.29. The molecule has 1 amide bonds. The third-order valence-electron chi connectivity index (χ3n) is 5.41. The number of fused-ring (bicyclic) bond motifs is 3. The minimum absolute atomic E-state index is 0.0307. The zero-order valence-electron chi connectivity index (χ0n) is 18.2. The van der Waals surface area contributed by atoms with Crippen LogP contribution in [0.2, 0.25) is 5.02 Å². The number of carbonyl (C=O) groups excluding carboxylic acids is 1. The van der Waals surface area contributed by atoms with Crippen LogP contribution in [-0.4, -0.2) is 32.9 Å². The molecule has 4 aromatic rings. The summed E-state index contributed by atoms with van der Waals surface area (Å²) in [5, 5.41) is 18.6. The number of nitrogens with zero attached hydrogens (tertiary/aromatic N) is 5. The number of aromatic nitrogens is 3. The Labute approximate surface area is 196 Å². The zero-order chi connectivity index (χ0) is 22.9. The first kappa shape index (κ1) is 20.9. The number of carbonyl (C=O) groups is 1. The number of benzene rings is 3. The first-order valence-corrected chi connectivity index (χ1v) is 10.9. The van der Waals surface area contributed by atoms with Crippen molar-refractivity contribution in [3.8, 4) is 5.69 Å². The van der Waals surface area contributed by atoms with Gasteiger partial charge in [0.15, 0.2) is 0 Å². The van der Waals surface area contributed by atoms with E-state index in [1.54, 1.807) is 5.01 Å². The smallest absolute Gasteiger partial charge is 0.252 e. The second-order valence-corrected chi connectivity index (χ2v) is 8.26. The maximum absolute atomic E-state index is 13.0. The van der Waals surface area contributed by atoms with Gasteiger partial charge in [0.25, 0.3) is 5.95 Å². The summed E-state index contributed by atoms with van der Waals surface area (Å²) < 4.78 is 1.92. The molecule has 2 heterocycles. The molecule has 1 N–H and O–H groups in total. The van der Waals surface area contributed by atoms with Crippen molar-refractivity contribution in [1.29, 1.82) is 0 Å².